The zero-order valence-electron chi connectivity index (χ0n) is 11.6. The molecule has 1 aromatic carbocycles. The maximum atomic E-state index is 12.5. The van der Waals surface area contributed by atoms with Crippen LogP contribution in [0.25, 0.3) is 0 Å². The molecule has 0 aliphatic carbocycles. The summed E-state index contributed by atoms with van der Waals surface area (Å²) in [6.45, 7) is 0.339. The lowest BCUT2D eigenvalue weighted by molar-refractivity contribution is 0.472. The molecule has 0 aliphatic heterocycles. The second kappa shape index (κ2) is 6.48. The Morgan fingerprint density at radius 3 is 2.57 bits per heavy atom. The van der Waals surface area contributed by atoms with Gasteiger partial charge in [0.2, 0.25) is 10.0 Å². The average molecular weight is 301 g/mol. The first kappa shape index (κ1) is 15.2. The zero-order valence-corrected chi connectivity index (χ0v) is 12.4. The van der Waals surface area contributed by atoms with Gasteiger partial charge in [0.25, 0.3) is 0 Å². The van der Waals surface area contributed by atoms with Gasteiger partial charge in [-0.1, -0.05) is 30.3 Å². The molecule has 0 N–H and O–H groups in total. The number of aromatic nitrogens is 1. The van der Waals surface area contributed by atoms with Crippen LogP contribution in [-0.4, -0.2) is 31.3 Å². The Kier molecular flexibility index (Phi) is 4.68. The SMILES string of the molecule is CN(CCc1ccccc1)S(=O)(=O)c1cccnc1C#N. The molecule has 1 aromatic heterocycles. The van der Waals surface area contributed by atoms with Crippen molar-refractivity contribution >= 4 is 10.0 Å². The molecule has 0 aliphatic rings. The van der Waals surface area contributed by atoms with Crippen LogP contribution in [0.15, 0.2) is 53.6 Å². The second-order valence-corrected chi connectivity index (χ2v) is 6.54. The highest BCUT2D eigenvalue weighted by Gasteiger charge is 2.24. The van der Waals surface area contributed by atoms with E-state index in [1.807, 2.05) is 36.4 Å². The smallest absolute Gasteiger partial charge is 0.244 e. The van der Waals surface area contributed by atoms with Crippen molar-refractivity contribution in [2.24, 2.45) is 0 Å². The quantitative estimate of drug-likeness (QED) is 0.844. The number of nitrogens with zero attached hydrogens (tertiary/aromatic N) is 3. The molecule has 0 atom stereocenters. The first-order valence-electron chi connectivity index (χ1n) is 6.41. The van der Waals surface area contributed by atoms with Gasteiger partial charge in [-0.05, 0) is 24.1 Å². The summed E-state index contributed by atoms with van der Waals surface area (Å²) < 4.78 is 26.2. The number of benzene rings is 1. The minimum atomic E-state index is -3.70. The van der Waals surface area contributed by atoms with Crippen molar-refractivity contribution in [3.63, 3.8) is 0 Å². The molecule has 5 nitrogen and oxygen atoms in total. The van der Waals surface area contributed by atoms with Crippen LogP contribution in [0, 0.1) is 11.3 Å². The van der Waals surface area contributed by atoms with E-state index < -0.39 is 10.0 Å². The molecule has 21 heavy (non-hydrogen) atoms. The number of likely N-dealkylation sites (N-methyl/N-ethyl adjacent to an activating group) is 1. The van der Waals surface area contributed by atoms with Gasteiger partial charge in [0.15, 0.2) is 5.69 Å². The number of nitriles is 1. The summed E-state index contributed by atoms with van der Waals surface area (Å²) in [5.74, 6) is 0. The van der Waals surface area contributed by atoms with Crippen molar-refractivity contribution < 1.29 is 8.42 Å². The van der Waals surface area contributed by atoms with E-state index in [0.717, 1.165) is 5.56 Å². The van der Waals surface area contributed by atoms with Crippen LogP contribution in [0.3, 0.4) is 0 Å². The Morgan fingerprint density at radius 2 is 1.90 bits per heavy atom. The van der Waals surface area contributed by atoms with Gasteiger partial charge in [-0.15, -0.1) is 0 Å². The molecule has 0 bridgehead atoms. The number of rotatable bonds is 5. The van der Waals surface area contributed by atoms with Gasteiger partial charge in [-0.3, -0.25) is 0 Å². The van der Waals surface area contributed by atoms with Gasteiger partial charge in [-0.25, -0.2) is 17.7 Å². The first-order chi connectivity index (χ1) is 10.1. The Labute approximate surface area is 124 Å². The molecule has 108 valence electrons. The Bertz CT molecular complexity index is 752. The number of hydrogen-bond donors (Lipinski definition) is 0. The average Bonchev–Trinajstić information content (AvgIpc) is 2.53. The van der Waals surface area contributed by atoms with Gasteiger partial charge in [-0.2, -0.15) is 5.26 Å². The molecule has 2 aromatic rings. The summed E-state index contributed by atoms with van der Waals surface area (Å²) in [6.07, 6.45) is 2.01. The van der Waals surface area contributed by atoms with Crippen LogP contribution >= 0.6 is 0 Å². The normalized spacial score (nSPS) is 11.3. The van der Waals surface area contributed by atoms with Crippen molar-refractivity contribution in [2.75, 3.05) is 13.6 Å². The lowest BCUT2D eigenvalue weighted by atomic mass is 10.2. The molecule has 0 saturated carbocycles. The Morgan fingerprint density at radius 1 is 1.19 bits per heavy atom. The second-order valence-electron chi connectivity index (χ2n) is 4.52. The van der Waals surface area contributed by atoms with Crippen LogP contribution in [0.5, 0.6) is 0 Å². The Hall–Kier alpha value is -2.23. The number of sulfonamides is 1. The van der Waals surface area contributed by atoms with Crippen LogP contribution < -0.4 is 0 Å². The minimum Gasteiger partial charge on any atom is -0.244 e. The van der Waals surface area contributed by atoms with E-state index in [2.05, 4.69) is 4.98 Å². The van der Waals surface area contributed by atoms with Crippen molar-refractivity contribution in [3.8, 4) is 6.07 Å². The van der Waals surface area contributed by atoms with Gasteiger partial charge in [0.1, 0.15) is 11.0 Å². The lowest BCUT2D eigenvalue weighted by Gasteiger charge is -2.17. The highest BCUT2D eigenvalue weighted by Crippen LogP contribution is 2.17. The standard InChI is InChI=1S/C15H15N3O2S/c1-18(11-9-13-6-3-2-4-7-13)21(19,20)15-8-5-10-17-14(15)12-16/h2-8,10H,9,11H2,1H3. The summed E-state index contributed by atoms with van der Waals surface area (Å²) in [4.78, 5) is 3.74. The molecule has 0 fully saturated rings. The molecule has 0 amide bonds. The molecule has 0 radical (unpaired) electrons. The van der Waals surface area contributed by atoms with Crippen molar-refractivity contribution in [1.82, 2.24) is 9.29 Å². The molecule has 0 spiro atoms. The van der Waals surface area contributed by atoms with Crippen molar-refractivity contribution in [3.05, 3.63) is 59.9 Å². The monoisotopic (exact) mass is 301 g/mol. The molecule has 0 unspecified atom stereocenters. The minimum absolute atomic E-state index is 0.0527. The molecule has 1 heterocycles. The third kappa shape index (κ3) is 3.45. The molecule has 0 saturated heterocycles. The third-order valence-electron chi connectivity index (χ3n) is 3.12. The summed E-state index contributed by atoms with van der Waals surface area (Å²) in [6, 6.07) is 14.4. The van der Waals surface area contributed by atoms with Crippen molar-refractivity contribution in [2.45, 2.75) is 11.3 Å². The third-order valence-corrected chi connectivity index (χ3v) is 5.01. The number of hydrogen-bond acceptors (Lipinski definition) is 4. The summed E-state index contributed by atoms with van der Waals surface area (Å²) in [5, 5.41) is 8.98. The number of pyridine rings is 1. The fraction of sp³-hybridized carbons (Fsp3) is 0.200. The van der Waals surface area contributed by atoms with Crippen LogP contribution in [0.1, 0.15) is 11.3 Å². The molecule has 2 rings (SSSR count). The fourth-order valence-corrected chi connectivity index (χ4v) is 3.16. The largest absolute Gasteiger partial charge is 0.245 e. The summed E-state index contributed by atoms with van der Waals surface area (Å²) in [5.41, 5.74) is 0.982. The van der Waals surface area contributed by atoms with E-state index in [0.29, 0.717) is 13.0 Å². The maximum Gasteiger partial charge on any atom is 0.245 e. The van der Waals surface area contributed by atoms with Crippen LogP contribution in [0.2, 0.25) is 0 Å². The Balaban J connectivity index is 2.18. The van der Waals surface area contributed by atoms with Crippen LogP contribution in [0.4, 0.5) is 0 Å². The predicted octanol–water partition coefficient (Wildman–Crippen LogP) is 1.82. The van der Waals surface area contributed by atoms with Gasteiger partial charge in [0, 0.05) is 19.8 Å². The molecular formula is C15H15N3O2S. The van der Waals surface area contributed by atoms with E-state index in [1.54, 1.807) is 0 Å². The van der Waals surface area contributed by atoms with Gasteiger partial charge < -0.3 is 0 Å². The summed E-state index contributed by atoms with van der Waals surface area (Å²) >= 11 is 0. The summed E-state index contributed by atoms with van der Waals surface area (Å²) in [7, 11) is -2.20. The maximum absolute atomic E-state index is 12.5. The van der Waals surface area contributed by atoms with Crippen LogP contribution in [-0.2, 0) is 16.4 Å². The lowest BCUT2D eigenvalue weighted by Crippen LogP contribution is -2.29. The predicted molar refractivity (Wildman–Crippen MR) is 78.9 cm³/mol. The van der Waals surface area contributed by atoms with E-state index in [4.69, 9.17) is 5.26 Å². The van der Waals surface area contributed by atoms with Gasteiger partial charge in [0.05, 0.1) is 0 Å². The van der Waals surface area contributed by atoms with E-state index in [-0.39, 0.29) is 10.6 Å². The van der Waals surface area contributed by atoms with E-state index in [1.165, 1.54) is 29.7 Å². The van der Waals surface area contributed by atoms with Gasteiger partial charge >= 0.3 is 0 Å². The fourth-order valence-electron chi connectivity index (χ4n) is 1.90. The molecule has 6 heteroatoms. The van der Waals surface area contributed by atoms with E-state index in [9.17, 15) is 8.42 Å². The highest BCUT2D eigenvalue weighted by molar-refractivity contribution is 7.89. The first-order valence-corrected chi connectivity index (χ1v) is 7.85. The van der Waals surface area contributed by atoms with Crippen molar-refractivity contribution in [1.29, 1.82) is 5.26 Å². The molecular weight excluding hydrogens is 286 g/mol. The van der Waals surface area contributed by atoms with E-state index >= 15 is 0 Å². The topological polar surface area (TPSA) is 74.1 Å². The highest BCUT2D eigenvalue weighted by atomic mass is 32.2. The zero-order chi connectivity index (χ0) is 15.3.